The zero-order valence-electron chi connectivity index (χ0n) is 18.9. The SMILES string of the molecule is C=C(CC(C)c1cc(F)cc(F)c1)NC(C)c1cnc(C)cn1.CC.CCC(F)(F)F. The predicted molar refractivity (Wildman–Crippen MR) is 115 cm³/mol. The molecule has 174 valence electrons. The van der Waals surface area contributed by atoms with Crippen LogP contribution in [0.25, 0.3) is 0 Å². The predicted octanol–water partition coefficient (Wildman–Crippen LogP) is 7.41. The minimum absolute atomic E-state index is 0.0351. The number of aromatic nitrogens is 2. The van der Waals surface area contributed by atoms with Crippen LogP contribution in [-0.4, -0.2) is 16.1 Å². The Kier molecular flexibility index (Phi) is 12.6. The fourth-order valence-electron chi connectivity index (χ4n) is 2.41. The number of hydrogen-bond acceptors (Lipinski definition) is 3. The number of allylic oxidation sites excluding steroid dienone is 1. The molecule has 31 heavy (non-hydrogen) atoms. The Balaban J connectivity index is 0.000000970. The molecule has 1 heterocycles. The smallest absolute Gasteiger partial charge is 0.381 e. The quantitative estimate of drug-likeness (QED) is 0.471. The molecule has 0 spiro atoms. The highest BCUT2D eigenvalue weighted by Crippen LogP contribution is 2.24. The van der Waals surface area contributed by atoms with Crippen molar-refractivity contribution >= 4 is 0 Å². The van der Waals surface area contributed by atoms with Gasteiger partial charge in [0.05, 0.1) is 23.6 Å². The molecule has 8 heteroatoms. The van der Waals surface area contributed by atoms with Crippen LogP contribution in [0.5, 0.6) is 0 Å². The van der Waals surface area contributed by atoms with Gasteiger partial charge in [-0.25, -0.2) is 8.78 Å². The van der Waals surface area contributed by atoms with Gasteiger partial charge in [-0.3, -0.25) is 9.97 Å². The van der Waals surface area contributed by atoms with Crippen LogP contribution in [0.1, 0.15) is 76.4 Å². The van der Waals surface area contributed by atoms with Crippen LogP contribution in [0.15, 0.2) is 42.9 Å². The number of halogens is 5. The van der Waals surface area contributed by atoms with Crippen molar-refractivity contribution in [2.75, 3.05) is 0 Å². The number of nitrogens with one attached hydrogen (secondary N) is 1. The van der Waals surface area contributed by atoms with Crippen LogP contribution in [0.4, 0.5) is 22.0 Å². The molecule has 2 unspecified atom stereocenters. The van der Waals surface area contributed by atoms with Gasteiger partial charge >= 0.3 is 6.18 Å². The van der Waals surface area contributed by atoms with E-state index in [9.17, 15) is 22.0 Å². The first-order chi connectivity index (χ1) is 14.4. The first-order valence-electron chi connectivity index (χ1n) is 10.2. The largest absolute Gasteiger partial charge is 0.388 e. The highest BCUT2D eigenvalue weighted by Gasteiger charge is 2.22. The minimum atomic E-state index is -3.96. The standard InChI is InChI=1S/C18H21F2N3.C3H5F3.C2H6/c1-11(15-6-16(19)8-17(20)7-15)5-12(2)23-14(4)18-10-21-13(3)9-22-18;1-2-3(4,5)6;1-2/h6-11,14,23H,2,5H2,1,3-4H3;2H2,1H3;1-2H3. The van der Waals surface area contributed by atoms with E-state index in [0.29, 0.717) is 12.0 Å². The van der Waals surface area contributed by atoms with Crippen molar-refractivity contribution in [3.05, 3.63) is 71.5 Å². The van der Waals surface area contributed by atoms with Crippen molar-refractivity contribution in [1.82, 2.24) is 15.3 Å². The van der Waals surface area contributed by atoms with Gasteiger partial charge in [0.2, 0.25) is 0 Å². The van der Waals surface area contributed by atoms with Crippen LogP contribution in [0.3, 0.4) is 0 Å². The van der Waals surface area contributed by atoms with Crippen molar-refractivity contribution in [2.45, 2.75) is 72.5 Å². The van der Waals surface area contributed by atoms with Crippen LogP contribution < -0.4 is 5.32 Å². The lowest BCUT2D eigenvalue weighted by atomic mass is 9.96. The van der Waals surface area contributed by atoms with Crippen molar-refractivity contribution in [3.63, 3.8) is 0 Å². The fraction of sp³-hybridized carbons (Fsp3) is 0.478. The number of benzene rings is 1. The molecule has 2 atom stereocenters. The Hall–Kier alpha value is -2.51. The maximum Gasteiger partial charge on any atom is 0.388 e. The third-order valence-electron chi connectivity index (χ3n) is 4.07. The number of nitrogens with zero attached hydrogens (tertiary/aromatic N) is 2. The van der Waals surface area contributed by atoms with Gasteiger partial charge in [0.1, 0.15) is 11.6 Å². The average Bonchev–Trinajstić information content (AvgIpc) is 2.69. The van der Waals surface area contributed by atoms with E-state index in [4.69, 9.17) is 0 Å². The monoisotopic (exact) mass is 445 g/mol. The topological polar surface area (TPSA) is 37.8 Å². The molecule has 0 saturated heterocycles. The van der Waals surface area contributed by atoms with Crippen LogP contribution in [-0.2, 0) is 0 Å². The van der Waals surface area contributed by atoms with Crippen molar-refractivity contribution in [1.29, 1.82) is 0 Å². The van der Waals surface area contributed by atoms with Gasteiger partial charge in [0, 0.05) is 24.4 Å². The summed E-state index contributed by atoms with van der Waals surface area (Å²) in [5.41, 5.74) is 3.09. The van der Waals surface area contributed by atoms with Gasteiger partial charge in [-0.15, -0.1) is 0 Å². The van der Waals surface area contributed by atoms with Gasteiger partial charge in [0.15, 0.2) is 0 Å². The molecule has 0 aliphatic carbocycles. The average molecular weight is 446 g/mol. The summed E-state index contributed by atoms with van der Waals surface area (Å²) < 4.78 is 58.9. The van der Waals surface area contributed by atoms with E-state index < -0.39 is 24.2 Å². The maximum absolute atomic E-state index is 13.3. The zero-order valence-corrected chi connectivity index (χ0v) is 18.9. The van der Waals surface area contributed by atoms with Crippen LogP contribution in [0.2, 0.25) is 0 Å². The highest BCUT2D eigenvalue weighted by atomic mass is 19.4. The molecule has 0 aliphatic heterocycles. The molecular weight excluding hydrogens is 413 g/mol. The molecule has 0 radical (unpaired) electrons. The summed E-state index contributed by atoms with van der Waals surface area (Å²) in [5.74, 6) is -1.17. The molecule has 0 fully saturated rings. The molecule has 1 N–H and O–H groups in total. The summed E-state index contributed by atoms with van der Waals surface area (Å²) in [4.78, 5) is 8.55. The van der Waals surface area contributed by atoms with E-state index in [1.165, 1.54) is 12.1 Å². The van der Waals surface area contributed by atoms with E-state index in [1.54, 1.807) is 12.4 Å². The maximum atomic E-state index is 13.3. The van der Waals surface area contributed by atoms with Gasteiger partial charge in [0.25, 0.3) is 0 Å². The molecule has 2 aromatic rings. The van der Waals surface area contributed by atoms with Crippen molar-refractivity contribution < 1.29 is 22.0 Å². The summed E-state index contributed by atoms with van der Waals surface area (Å²) in [7, 11) is 0. The third-order valence-corrected chi connectivity index (χ3v) is 4.07. The van der Waals surface area contributed by atoms with Crippen LogP contribution >= 0.6 is 0 Å². The van der Waals surface area contributed by atoms with Crippen LogP contribution in [0, 0.1) is 18.6 Å². The van der Waals surface area contributed by atoms with Crippen molar-refractivity contribution in [3.8, 4) is 0 Å². The fourth-order valence-corrected chi connectivity index (χ4v) is 2.41. The molecule has 2 rings (SSSR count). The Labute approximate surface area is 181 Å². The Morgan fingerprint density at radius 2 is 1.55 bits per heavy atom. The Bertz CT molecular complexity index is 769. The Morgan fingerprint density at radius 3 is 1.97 bits per heavy atom. The lowest BCUT2D eigenvalue weighted by Crippen LogP contribution is -2.20. The highest BCUT2D eigenvalue weighted by molar-refractivity contribution is 5.23. The Morgan fingerprint density at radius 1 is 1.03 bits per heavy atom. The van der Waals surface area contributed by atoms with E-state index >= 15 is 0 Å². The van der Waals surface area contributed by atoms with Crippen molar-refractivity contribution in [2.24, 2.45) is 0 Å². The molecule has 1 aromatic carbocycles. The summed E-state index contributed by atoms with van der Waals surface area (Å²) in [6.07, 6.45) is -0.667. The number of hydrogen-bond donors (Lipinski definition) is 1. The lowest BCUT2D eigenvalue weighted by Gasteiger charge is -2.20. The second-order valence-corrected chi connectivity index (χ2v) is 6.83. The second-order valence-electron chi connectivity index (χ2n) is 6.83. The zero-order chi connectivity index (χ0) is 24.2. The molecular formula is C23H32F5N3. The van der Waals surface area contributed by atoms with Gasteiger partial charge in [-0.2, -0.15) is 13.2 Å². The summed E-state index contributed by atoms with van der Waals surface area (Å²) in [5, 5.41) is 3.26. The third kappa shape index (κ3) is 12.1. The number of alkyl halides is 3. The first kappa shape index (κ1) is 28.5. The van der Waals surface area contributed by atoms with E-state index in [-0.39, 0.29) is 12.0 Å². The van der Waals surface area contributed by atoms with Gasteiger partial charge in [-0.05, 0) is 43.9 Å². The minimum Gasteiger partial charge on any atom is -0.381 e. The molecule has 1 aromatic heterocycles. The normalized spacial score (nSPS) is 12.5. The number of aryl methyl sites for hydroxylation is 1. The molecule has 0 amide bonds. The molecule has 0 aliphatic rings. The summed E-state index contributed by atoms with van der Waals surface area (Å²) >= 11 is 0. The second kappa shape index (κ2) is 13.7. The number of rotatable bonds is 6. The molecule has 0 bridgehead atoms. The van der Waals surface area contributed by atoms with Gasteiger partial charge in [-0.1, -0.05) is 34.3 Å². The summed E-state index contributed by atoms with van der Waals surface area (Å²) in [6.45, 7) is 14.9. The molecule has 0 saturated carbocycles. The molecule has 3 nitrogen and oxygen atoms in total. The summed E-state index contributed by atoms with van der Waals surface area (Å²) in [6, 6.07) is 3.56. The van der Waals surface area contributed by atoms with E-state index in [2.05, 4.69) is 21.9 Å². The van der Waals surface area contributed by atoms with Gasteiger partial charge < -0.3 is 5.32 Å². The van der Waals surface area contributed by atoms with E-state index in [0.717, 1.165) is 30.1 Å². The van der Waals surface area contributed by atoms with E-state index in [1.807, 2.05) is 34.6 Å². The first-order valence-corrected chi connectivity index (χ1v) is 10.2. The lowest BCUT2D eigenvalue weighted by molar-refractivity contribution is -0.130.